The average molecular weight is 776 g/mol. The van der Waals surface area contributed by atoms with Crippen LogP contribution < -0.4 is 0 Å². The standard InChI is InChI=1S/C57H49N3/c1-56(2)30-31-57(3,4)50-36-53-48(35-49(50)56)47-27-26-38-16-11-12-21-46(38)54(47)60(53)45-20-13-19-43(34-45)51-28-29-52(59-55(58-51)39-17-9-6-10-18-39)44-25-24-41-32-40(22-23-42(41)33-44)37-14-7-5-8-15-37/h5-28,32,34-36,44H,29-31,33H2,1-4H3. The molecule has 0 saturated heterocycles. The predicted molar refractivity (Wildman–Crippen MR) is 255 cm³/mol. The number of aromatic nitrogens is 1. The van der Waals surface area contributed by atoms with Crippen LogP contribution in [-0.2, 0) is 17.3 Å². The van der Waals surface area contributed by atoms with Crippen LogP contribution >= 0.6 is 0 Å². The van der Waals surface area contributed by atoms with Crippen LogP contribution in [-0.4, -0.2) is 16.1 Å². The van der Waals surface area contributed by atoms with Gasteiger partial charge in [-0.1, -0.05) is 167 Å². The summed E-state index contributed by atoms with van der Waals surface area (Å²) in [5.74, 6) is 0.944. The Bertz CT molecular complexity index is 3130. The van der Waals surface area contributed by atoms with Crippen molar-refractivity contribution in [3.05, 3.63) is 197 Å². The van der Waals surface area contributed by atoms with Crippen molar-refractivity contribution in [3.63, 3.8) is 0 Å². The van der Waals surface area contributed by atoms with Gasteiger partial charge in [-0.2, -0.15) is 0 Å². The van der Waals surface area contributed by atoms with E-state index in [0.717, 1.165) is 46.9 Å². The van der Waals surface area contributed by atoms with Crippen LogP contribution in [0.1, 0.15) is 80.3 Å². The summed E-state index contributed by atoms with van der Waals surface area (Å²) >= 11 is 0. The number of allylic oxidation sites excluding steroid dienone is 2. The first-order valence-corrected chi connectivity index (χ1v) is 21.6. The minimum atomic E-state index is 0.0936. The van der Waals surface area contributed by atoms with Crippen molar-refractivity contribution in [2.75, 3.05) is 0 Å². The van der Waals surface area contributed by atoms with E-state index in [1.54, 1.807) is 0 Å². The van der Waals surface area contributed by atoms with Gasteiger partial charge in [0.1, 0.15) is 0 Å². The number of hydrogen-bond acceptors (Lipinski definition) is 2. The van der Waals surface area contributed by atoms with Gasteiger partial charge in [0.25, 0.3) is 0 Å². The molecule has 1 unspecified atom stereocenters. The van der Waals surface area contributed by atoms with Crippen LogP contribution in [0.15, 0.2) is 174 Å². The highest BCUT2D eigenvalue weighted by Crippen LogP contribution is 2.49. The molecule has 0 N–H and O–H groups in total. The number of rotatable bonds is 5. The molecule has 292 valence electrons. The zero-order valence-electron chi connectivity index (χ0n) is 34.9. The predicted octanol–water partition coefficient (Wildman–Crippen LogP) is 14.5. The molecule has 0 amide bonds. The SMILES string of the molecule is CC1(C)CCC(C)(C)c2cc3c(cc21)c1ccc2ccccc2c1n3-c1cccc(C2=CCC(C3C=Cc4cc(-c5ccccc5)ccc4C3)=NC(c3ccccc3)=N2)c1. The van der Waals surface area contributed by atoms with Crippen molar-refractivity contribution in [1.82, 2.24) is 4.57 Å². The lowest BCUT2D eigenvalue weighted by Gasteiger charge is -2.42. The van der Waals surface area contributed by atoms with E-state index in [9.17, 15) is 0 Å². The van der Waals surface area contributed by atoms with Crippen LogP contribution in [0, 0.1) is 5.92 Å². The Balaban J connectivity index is 1.03. The zero-order chi connectivity index (χ0) is 40.6. The van der Waals surface area contributed by atoms with Crippen LogP contribution in [0.3, 0.4) is 0 Å². The molecule has 0 saturated carbocycles. The molecular weight excluding hydrogens is 727 g/mol. The minimum Gasteiger partial charge on any atom is -0.309 e. The molecule has 3 aliphatic rings. The van der Waals surface area contributed by atoms with Crippen molar-refractivity contribution < 1.29 is 0 Å². The maximum absolute atomic E-state index is 5.40. The normalized spacial score (nSPS) is 18.1. The van der Waals surface area contributed by atoms with Crippen molar-refractivity contribution in [2.45, 2.75) is 64.2 Å². The maximum Gasteiger partial charge on any atom is 0.159 e. The van der Waals surface area contributed by atoms with Crippen LogP contribution in [0.5, 0.6) is 0 Å². The molecule has 1 atom stereocenters. The first-order chi connectivity index (χ1) is 29.2. The van der Waals surface area contributed by atoms with Crippen LogP contribution in [0.2, 0.25) is 0 Å². The molecule has 60 heavy (non-hydrogen) atoms. The van der Waals surface area contributed by atoms with E-state index in [1.807, 2.05) is 0 Å². The maximum atomic E-state index is 5.40. The topological polar surface area (TPSA) is 29.6 Å². The molecular formula is C57H49N3. The largest absolute Gasteiger partial charge is 0.309 e. The molecule has 3 heteroatoms. The summed E-state index contributed by atoms with van der Waals surface area (Å²) in [5.41, 5.74) is 16.2. The van der Waals surface area contributed by atoms with Crippen LogP contribution in [0.4, 0.5) is 0 Å². The van der Waals surface area contributed by atoms with Gasteiger partial charge in [0.15, 0.2) is 5.84 Å². The second-order valence-corrected chi connectivity index (χ2v) is 18.4. The van der Waals surface area contributed by atoms with Crippen molar-refractivity contribution >= 4 is 55.9 Å². The Morgan fingerprint density at radius 3 is 2.08 bits per heavy atom. The Morgan fingerprint density at radius 1 is 0.567 bits per heavy atom. The monoisotopic (exact) mass is 775 g/mol. The van der Waals surface area contributed by atoms with Gasteiger partial charge < -0.3 is 4.57 Å². The summed E-state index contributed by atoms with van der Waals surface area (Å²) in [5, 5.41) is 5.13. The molecule has 11 rings (SSSR count). The number of hydrogen-bond donors (Lipinski definition) is 0. The highest BCUT2D eigenvalue weighted by molar-refractivity contribution is 6.19. The van der Waals surface area contributed by atoms with Gasteiger partial charge in [-0.05, 0) is 99.2 Å². The van der Waals surface area contributed by atoms with E-state index in [4.69, 9.17) is 9.98 Å². The number of amidine groups is 1. The summed E-state index contributed by atoms with van der Waals surface area (Å²) in [7, 11) is 0. The van der Waals surface area contributed by atoms with E-state index < -0.39 is 0 Å². The molecule has 7 aromatic carbocycles. The average Bonchev–Trinajstić information content (AvgIpc) is 3.45. The van der Waals surface area contributed by atoms with Gasteiger partial charge in [-0.15, -0.1) is 0 Å². The molecule has 0 spiro atoms. The lowest BCUT2D eigenvalue weighted by atomic mass is 9.63. The fourth-order valence-electron chi connectivity index (χ4n) is 10.1. The molecule has 0 fully saturated rings. The second-order valence-electron chi connectivity index (χ2n) is 18.4. The Labute approximate surface area is 353 Å². The Kier molecular flexibility index (Phi) is 8.53. The highest BCUT2D eigenvalue weighted by atomic mass is 15.0. The summed E-state index contributed by atoms with van der Waals surface area (Å²) in [6.45, 7) is 9.71. The van der Waals surface area contributed by atoms with Gasteiger partial charge in [-0.25, -0.2) is 9.98 Å². The van der Waals surface area contributed by atoms with E-state index >= 15 is 0 Å². The third-order valence-electron chi connectivity index (χ3n) is 13.7. The summed E-state index contributed by atoms with van der Waals surface area (Å²) < 4.78 is 2.53. The van der Waals surface area contributed by atoms with Gasteiger partial charge in [0.2, 0.25) is 0 Å². The summed E-state index contributed by atoms with van der Waals surface area (Å²) in [6, 6.07) is 55.6. The lowest BCUT2D eigenvalue weighted by molar-refractivity contribution is 0.332. The molecule has 8 aromatic rings. The molecule has 2 aliphatic carbocycles. The lowest BCUT2D eigenvalue weighted by Crippen LogP contribution is -2.33. The smallest absolute Gasteiger partial charge is 0.159 e. The second kappa shape index (κ2) is 14.0. The van der Waals surface area contributed by atoms with Gasteiger partial charge in [0.05, 0.1) is 16.7 Å². The minimum absolute atomic E-state index is 0.0936. The van der Waals surface area contributed by atoms with E-state index in [0.29, 0.717) is 0 Å². The van der Waals surface area contributed by atoms with Crippen LogP contribution in [0.25, 0.3) is 61.2 Å². The molecule has 1 aliphatic heterocycles. The van der Waals surface area contributed by atoms with Crippen molar-refractivity contribution in [3.8, 4) is 16.8 Å². The molecule has 0 bridgehead atoms. The zero-order valence-corrected chi connectivity index (χ0v) is 34.9. The quantitative estimate of drug-likeness (QED) is 0.167. The molecule has 3 nitrogen and oxygen atoms in total. The first-order valence-electron chi connectivity index (χ1n) is 21.6. The fraction of sp³-hybridized carbons (Fsp3) is 0.193. The number of fused-ring (bicyclic) bond motifs is 7. The van der Waals surface area contributed by atoms with Gasteiger partial charge in [0, 0.05) is 51.0 Å². The number of nitrogens with zero attached hydrogens (tertiary/aromatic N) is 3. The van der Waals surface area contributed by atoms with Crippen molar-refractivity contribution in [2.24, 2.45) is 15.9 Å². The van der Waals surface area contributed by atoms with E-state index in [2.05, 4.69) is 202 Å². The molecule has 2 heterocycles. The third kappa shape index (κ3) is 6.18. The van der Waals surface area contributed by atoms with Gasteiger partial charge in [-0.3, -0.25) is 0 Å². The Morgan fingerprint density at radius 2 is 1.28 bits per heavy atom. The molecule has 1 aromatic heterocycles. The summed E-state index contributed by atoms with van der Waals surface area (Å²) in [4.78, 5) is 10.8. The summed E-state index contributed by atoms with van der Waals surface area (Å²) in [6.07, 6.45) is 11.0. The fourth-order valence-corrected chi connectivity index (χ4v) is 10.1. The van der Waals surface area contributed by atoms with Gasteiger partial charge >= 0.3 is 0 Å². The van der Waals surface area contributed by atoms with E-state index in [-0.39, 0.29) is 16.7 Å². The highest BCUT2D eigenvalue weighted by Gasteiger charge is 2.38. The number of aliphatic imine (C=N–C) groups is 2. The molecule has 0 radical (unpaired) electrons. The third-order valence-corrected chi connectivity index (χ3v) is 13.7. The first kappa shape index (κ1) is 36.5. The van der Waals surface area contributed by atoms with Crippen molar-refractivity contribution in [1.29, 1.82) is 0 Å². The Hall–Kier alpha value is -6.58. The number of benzene rings is 7. The van der Waals surface area contributed by atoms with E-state index in [1.165, 1.54) is 78.8 Å².